The number of halogens is 3. The number of rotatable bonds is 6. The SMILES string of the molecule is CCCNC(Cc1ncnn1C)CC(F)(F)F. The van der Waals surface area contributed by atoms with E-state index in [1.807, 2.05) is 6.92 Å². The molecule has 0 aromatic carbocycles. The summed E-state index contributed by atoms with van der Waals surface area (Å²) >= 11 is 0. The molecule has 0 bridgehead atoms. The van der Waals surface area contributed by atoms with E-state index >= 15 is 0 Å². The van der Waals surface area contributed by atoms with E-state index in [4.69, 9.17) is 0 Å². The van der Waals surface area contributed by atoms with E-state index in [2.05, 4.69) is 15.4 Å². The first kappa shape index (κ1) is 14.0. The number of aromatic nitrogens is 3. The number of nitrogens with zero attached hydrogens (tertiary/aromatic N) is 3. The first-order chi connectivity index (χ1) is 7.92. The molecule has 1 N–H and O–H groups in total. The van der Waals surface area contributed by atoms with Gasteiger partial charge in [-0.25, -0.2) is 4.98 Å². The van der Waals surface area contributed by atoms with Crippen LogP contribution in [0.15, 0.2) is 6.33 Å². The first-order valence-electron chi connectivity index (χ1n) is 5.55. The van der Waals surface area contributed by atoms with Crippen molar-refractivity contribution in [1.29, 1.82) is 0 Å². The van der Waals surface area contributed by atoms with E-state index < -0.39 is 18.6 Å². The van der Waals surface area contributed by atoms with Crippen LogP contribution in [0.5, 0.6) is 0 Å². The predicted molar refractivity (Wildman–Crippen MR) is 57.5 cm³/mol. The van der Waals surface area contributed by atoms with E-state index in [1.165, 1.54) is 11.0 Å². The summed E-state index contributed by atoms with van der Waals surface area (Å²) in [4.78, 5) is 3.94. The highest BCUT2D eigenvalue weighted by atomic mass is 19.4. The Morgan fingerprint density at radius 3 is 2.65 bits per heavy atom. The average molecular weight is 250 g/mol. The van der Waals surface area contributed by atoms with Crippen LogP contribution < -0.4 is 5.32 Å². The average Bonchev–Trinajstić information content (AvgIpc) is 2.59. The summed E-state index contributed by atoms with van der Waals surface area (Å²) in [7, 11) is 1.67. The van der Waals surface area contributed by atoms with Gasteiger partial charge >= 0.3 is 6.18 Å². The molecule has 98 valence electrons. The maximum absolute atomic E-state index is 12.4. The van der Waals surface area contributed by atoms with Gasteiger partial charge in [0.1, 0.15) is 12.2 Å². The van der Waals surface area contributed by atoms with Gasteiger partial charge in [-0.2, -0.15) is 18.3 Å². The minimum absolute atomic E-state index is 0.232. The van der Waals surface area contributed by atoms with Gasteiger partial charge in [0, 0.05) is 19.5 Å². The highest BCUT2D eigenvalue weighted by Crippen LogP contribution is 2.22. The second-order valence-corrected chi connectivity index (χ2v) is 3.97. The maximum atomic E-state index is 12.4. The quantitative estimate of drug-likeness (QED) is 0.835. The molecule has 0 fully saturated rings. The van der Waals surface area contributed by atoms with Crippen molar-refractivity contribution in [3.63, 3.8) is 0 Å². The molecule has 0 saturated heterocycles. The second-order valence-electron chi connectivity index (χ2n) is 3.97. The van der Waals surface area contributed by atoms with Crippen LogP contribution in [0.3, 0.4) is 0 Å². The van der Waals surface area contributed by atoms with Gasteiger partial charge in [-0.3, -0.25) is 4.68 Å². The van der Waals surface area contributed by atoms with E-state index in [-0.39, 0.29) is 6.42 Å². The third-order valence-corrected chi connectivity index (χ3v) is 2.39. The summed E-state index contributed by atoms with van der Waals surface area (Å²) in [5, 5.41) is 6.73. The lowest BCUT2D eigenvalue weighted by Gasteiger charge is -2.19. The molecule has 4 nitrogen and oxygen atoms in total. The minimum Gasteiger partial charge on any atom is -0.313 e. The molecule has 1 aromatic rings. The van der Waals surface area contributed by atoms with Crippen molar-refractivity contribution in [2.24, 2.45) is 7.05 Å². The number of alkyl halides is 3. The zero-order chi connectivity index (χ0) is 12.9. The fourth-order valence-corrected chi connectivity index (χ4v) is 1.57. The van der Waals surface area contributed by atoms with Crippen molar-refractivity contribution in [2.45, 2.75) is 38.4 Å². The zero-order valence-electron chi connectivity index (χ0n) is 9.96. The molecular weight excluding hydrogens is 233 g/mol. The topological polar surface area (TPSA) is 42.7 Å². The van der Waals surface area contributed by atoms with Gasteiger partial charge in [-0.1, -0.05) is 6.92 Å². The molecule has 0 amide bonds. The van der Waals surface area contributed by atoms with Gasteiger partial charge in [-0.05, 0) is 13.0 Å². The fourth-order valence-electron chi connectivity index (χ4n) is 1.57. The normalized spacial score (nSPS) is 13.9. The Kier molecular flexibility index (Phi) is 4.92. The van der Waals surface area contributed by atoms with Gasteiger partial charge < -0.3 is 5.32 Å². The highest BCUT2D eigenvalue weighted by Gasteiger charge is 2.32. The van der Waals surface area contributed by atoms with Crippen molar-refractivity contribution >= 4 is 0 Å². The molecule has 1 rings (SSSR count). The number of hydrogen-bond acceptors (Lipinski definition) is 3. The van der Waals surface area contributed by atoms with E-state index in [1.54, 1.807) is 7.05 Å². The van der Waals surface area contributed by atoms with Crippen LogP contribution in [-0.4, -0.2) is 33.5 Å². The molecule has 0 aliphatic heterocycles. The number of aryl methyl sites for hydroxylation is 1. The molecule has 0 spiro atoms. The van der Waals surface area contributed by atoms with Crippen LogP contribution in [0, 0.1) is 0 Å². The predicted octanol–water partition coefficient (Wildman–Crippen LogP) is 1.68. The molecule has 0 saturated carbocycles. The van der Waals surface area contributed by atoms with Crippen LogP contribution in [0.4, 0.5) is 13.2 Å². The van der Waals surface area contributed by atoms with Crippen molar-refractivity contribution in [2.75, 3.05) is 6.54 Å². The first-order valence-corrected chi connectivity index (χ1v) is 5.55. The van der Waals surface area contributed by atoms with Crippen molar-refractivity contribution in [3.8, 4) is 0 Å². The van der Waals surface area contributed by atoms with Crippen LogP contribution in [0.25, 0.3) is 0 Å². The lowest BCUT2D eigenvalue weighted by Crippen LogP contribution is -2.36. The van der Waals surface area contributed by atoms with Gasteiger partial charge in [0.05, 0.1) is 6.42 Å². The lowest BCUT2D eigenvalue weighted by molar-refractivity contribution is -0.140. The third kappa shape index (κ3) is 5.16. The highest BCUT2D eigenvalue weighted by molar-refractivity contribution is 4.89. The Morgan fingerprint density at radius 2 is 2.18 bits per heavy atom. The second kappa shape index (κ2) is 6.00. The Hall–Kier alpha value is -1.11. The number of nitrogens with one attached hydrogen (secondary N) is 1. The summed E-state index contributed by atoms with van der Waals surface area (Å²) in [6.45, 7) is 2.48. The molecule has 0 radical (unpaired) electrons. The summed E-state index contributed by atoms with van der Waals surface area (Å²) in [6, 6.07) is -0.641. The molecule has 1 unspecified atom stereocenters. The third-order valence-electron chi connectivity index (χ3n) is 2.39. The van der Waals surface area contributed by atoms with Crippen LogP contribution >= 0.6 is 0 Å². The van der Waals surface area contributed by atoms with Crippen LogP contribution in [0.1, 0.15) is 25.6 Å². The van der Waals surface area contributed by atoms with Gasteiger partial charge in [0.15, 0.2) is 0 Å². The molecule has 7 heteroatoms. The van der Waals surface area contributed by atoms with Crippen LogP contribution in [0.2, 0.25) is 0 Å². The summed E-state index contributed by atoms with van der Waals surface area (Å²) in [5.41, 5.74) is 0. The smallest absolute Gasteiger partial charge is 0.313 e. The van der Waals surface area contributed by atoms with Gasteiger partial charge in [0.25, 0.3) is 0 Å². The molecule has 0 aliphatic rings. The Bertz CT molecular complexity index is 335. The molecule has 17 heavy (non-hydrogen) atoms. The fraction of sp³-hybridized carbons (Fsp3) is 0.800. The zero-order valence-corrected chi connectivity index (χ0v) is 9.96. The Balaban J connectivity index is 2.60. The summed E-state index contributed by atoms with van der Waals surface area (Å²) < 4.78 is 38.6. The lowest BCUT2D eigenvalue weighted by atomic mass is 10.1. The van der Waals surface area contributed by atoms with Gasteiger partial charge in [0.2, 0.25) is 0 Å². The standard InChI is InChI=1S/C10H17F3N4/c1-3-4-14-8(6-10(11,12)13)5-9-15-7-16-17(9)2/h7-8,14H,3-6H2,1-2H3. The van der Waals surface area contributed by atoms with Crippen molar-refractivity contribution in [3.05, 3.63) is 12.2 Å². The molecule has 1 aromatic heterocycles. The Morgan fingerprint density at radius 1 is 1.47 bits per heavy atom. The van der Waals surface area contributed by atoms with E-state index in [0.29, 0.717) is 12.4 Å². The molecular formula is C10H17F3N4. The Labute approximate surface area is 98.2 Å². The van der Waals surface area contributed by atoms with Crippen molar-refractivity contribution < 1.29 is 13.2 Å². The van der Waals surface area contributed by atoms with Gasteiger partial charge in [-0.15, -0.1) is 0 Å². The summed E-state index contributed by atoms with van der Waals surface area (Å²) in [6.07, 6.45) is -2.63. The summed E-state index contributed by atoms with van der Waals surface area (Å²) in [5.74, 6) is 0.558. The molecule has 0 aliphatic carbocycles. The monoisotopic (exact) mass is 250 g/mol. The van der Waals surface area contributed by atoms with E-state index in [0.717, 1.165) is 6.42 Å². The molecule has 1 heterocycles. The number of hydrogen-bond donors (Lipinski definition) is 1. The molecule has 1 atom stereocenters. The van der Waals surface area contributed by atoms with E-state index in [9.17, 15) is 13.2 Å². The largest absolute Gasteiger partial charge is 0.390 e. The maximum Gasteiger partial charge on any atom is 0.390 e. The van der Waals surface area contributed by atoms with Crippen molar-refractivity contribution in [1.82, 2.24) is 20.1 Å². The van der Waals surface area contributed by atoms with Crippen LogP contribution in [-0.2, 0) is 13.5 Å². The minimum atomic E-state index is -4.16.